The Balaban J connectivity index is 1.54. The summed E-state index contributed by atoms with van der Waals surface area (Å²) in [6.45, 7) is 1.88. The van der Waals surface area contributed by atoms with Crippen LogP contribution in [0.1, 0.15) is 12.8 Å². The highest BCUT2D eigenvalue weighted by Gasteiger charge is 2.46. The first-order chi connectivity index (χ1) is 13.6. The molecule has 8 nitrogen and oxygen atoms in total. The first-order valence-electron chi connectivity index (χ1n) is 8.97. The predicted octanol–water partition coefficient (Wildman–Crippen LogP) is 1.84. The fourth-order valence-electron chi connectivity index (χ4n) is 3.16. The number of anilines is 1. The number of halogens is 3. The molecule has 2 saturated heterocycles. The van der Waals surface area contributed by atoms with Crippen molar-refractivity contribution < 1.29 is 35.9 Å². The minimum Gasteiger partial charge on any atom is -0.368 e. The Hall–Kier alpha value is -2.34. The molecule has 0 aromatic heterocycles. The monoisotopic (exact) mass is 435 g/mol. The molecule has 2 fully saturated rings. The second-order valence-electron chi connectivity index (χ2n) is 6.72. The van der Waals surface area contributed by atoms with E-state index in [1.807, 2.05) is 0 Å². The molecule has 0 unspecified atom stereocenters. The van der Waals surface area contributed by atoms with Crippen molar-refractivity contribution in [2.24, 2.45) is 0 Å². The van der Waals surface area contributed by atoms with E-state index in [0.717, 1.165) is 30.7 Å². The zero-order valence-corrected chi connectivity index (χ0v) is 16.1. The van der Waals surface area contributed by atoms with Gasteiger partial charge < -0.3 is 19.9 Å². The van der Waals surface area contributed by atoms with E-state index in [9.17, 15) is 31.2 Å². The van der Waals surface area contributed by atoms with Gasteiger partial charge in [-0.2, -0.15) is 13.2 Å². The number of ether oxygens (including phenoxy) is 1. The van der Waals surface area contributed by atoms with E-state index in [1.165, 1.54) is 4.90 Å². The number of hydrogen-bond donors (Lipinski definition) is 1. The standard InChI is InChI=1S/C17H20F3N3O5S/c18-17(19,20)29(26,27)13-5-3-12(4-6-13)21-16(25)23-9-7-22(8-10-23)15(24)14-2-1-11-28-14/h3-6,14H,1-2,7-11H2,(H,21,25)/t14-/m1/s1. The van der Waals surface area contributed by atoms with E-state index in [-0.39, 0.29) is 11.6 Å². The van der Waals surface area contributed by atoms with Gasteiger partial charge in [0, 0.05) is 38.5 Å². The molecule has 0 bridgehead atoms. The average Bonchev–Trinajstić information content (AvgIpc) is 3.22. The molecule has 2 aliphatic heterocycles. The van der Waals surface area contributed by atoms with Crippen molar-refractivity contribution in [1.82, 2.24) is 9.80 Å². The van der Waals surface area contributed by atoms with E-state index in [1.54, 1.807) is 4.90 Å². The van der Waals surface area contributed by atoms with Crippen molar-refractivity contribution >= 4 is 27.5 Å². The lowest BCUT2D eigenvalue weighted by molar-refractivity contribution is -0.142. The van der Waals surface area contributed by atoms with Gasteiger partial charge in [-0.25, -0.2) is 13.2 Å². The van der Waals surface area contributed by atoms with Crippen LogP contribution in [0.5, 0.6) is 0 Å². The van der Waals surface area contributed by atoms with Crippen molar-refractivity contribution in [3.8, 4) is 0 Å². The largest absolute Gasteiger partial charge is 0.501 e. The number of piperazine rings is 1. The first-order valence-corrected chi connectivity index (χ1v) is 10.5. The van der Waals surface area contributed by atoms with E-state index in [4.69, 9.17) is 4.74 Å². The Morgan fingerprint density at radius 3 is 2.14 bits per heavy atom. The van der Waals surface area contributed by atoms with Gasteiger partial charge in [0.05, 0.1) is 4.90 Å². The summed E-state index contributed by atoms with van der Waals surface area (Å²) in [5.41, 5.74) is -5.23. The lowest BCUT2D eigenvalue weighted by Gasteiger charge is -2.35. The fourth-order valence-corrected chi connectivity index (χ4v) is 3.92. The van der Waals surface area contributed by atoms with Gasteiger partial charge in [0.25, 0.3) is 15.7 Å². The number of nitrogens with one attached hydrogen (secondary N) is 1. The van der Waals surface area contributed by atoms with Crippen molar-refractivity contribution in [2.45, 2.75) is 29.3 Å². The van der Waals surface area contributed by atoms with Crippen LogP contribution < -0.4 is 5.32 Å². The number of hydrogen-bond acceptors (Lipinski definition) is 5. The fraction of sp³-hybridized carbons (Fsp3) is 0.529. The highest BCUT2D eigenvalue weighted by Crippen LogP contribution is 2.30. The van der Waals surface area contributed by atoms with Gasteiger partial charge in [0.1, 0.15) is 6.10 Å². The molecule has 160 valence electrons. The number of sulfone groups is 1. The third-order valence-corrected chi connectivity index (χ3v) is 6.31. The Kier molecular flexibility index (Phi) is 6.03. The molecule has 2 aliphatic rings. The number of carbonyl (C=O) groups is 2. The van der Waals surface area contributed by atoms with Crippen LogP contribution in [0.15, 0.2) is 29.2 Å². The zero-order chi connectivity index (χ0) is 21.2. The Labute approximate surface area is 165 Å². The first kappa shape index (κ1) is 21.4. The number of alkyl halides is 3. The van der Waals surface area contributed by atoms with Crippen LogP contribution in [0, 0.1) is 0 Å². The number of rotatable bonds is 3. The molecular formula is C17H20F3N3O5S. The molecule has 3 rings (SSSR count). The van der Waals surface area contributed by atoms with Crippen LogP contribution in [0.25, 0.3) is 0 Å². The maximum absolute atomic E-state index is 12.6. The molecule has 1 N–H and O–H groups in total. The van der Waals surface area contributed by atoms with Crippen molar-refractivity contribution in [1.29, 1.82) is 0 Å². The quantitative estimate of drug-likeness (QED) is 0.782. The van der Waals surface area contributed by atoms with Crippen molar-refractivity contribution in [2.75, 3.05) is 38.1 Å². The SMILES string of the molecule is O=C(Nc1ccc(S(=O)(=O)C(F)(F)F)cc1)N1CCN(C(=O)[C@H]2CCCO2)CC1. The molecule has 0 aliphatic carbocycles. The number of carbonyl (C=O) groups excluding carboxylic acids is 2. The topological polar surface area (TPSA) is 96.0 Å². The second kappa shape index (κ2) is 8.19. The van der Waals surface area contributed by atoms with Gasteiger partial charge >= 0.3 is 11.5 Å². The summed E-state index contributed by atoms with van der Waals surface area (Å²) in [4.78, 5) is 26.9. The number of nitrogens with zero attached hydrogens (tertiary/aromatic N) is 2. The van der Waals surface area contributed by atoms with Crippen LogP contribution in [0.4, 0.5) is 23.7 Å². The third kappa shape index (κ3) is 4.64. The van der Waals surface area contributed by atoms with Gasteiger partial charge in [-0.15, -0.1) is 0 Å². The number of benzene rings is 1. The molecule has 1 aromatic carbocycles. The Bertz CT molecular complexity index is 859. The molecule has 12 heteroatoms. The van der Waals surface area contributed by atoms with Crippen molar-refractivity contribution in [3.63, 3.8) is 0 Å². The minimum atomic E-state index is -5.43. The predicted molar refractivity (Wildman–Crippen MR) is 95.8 cm³/mol. The zero-order valence-electron chi connectivity index (χ0n) is 15.3. The summed E-state index contributed by atoms with van der Waals surface area (Å²) in [6.07, 6.45) is 1.13. The maximum atomic E-state index is 12.6. The van der Waals surface area contributed by atoms with Crippen molar-refractivity contribution in [3.05, 3.63) is 24.3 Å². The highest BCUT2D eigenvalue weighted by molar-refractivity contribution is 7.92. The van der Waals surface area contributed by atoms with E-state index >= 15 is 0 Å². The summed E-state index contributed by atoms with van der Waals surface area (Å²) in [5.74, 6) is -0.0796. The van der Waals surface area contributed by atoms with Crippen LogP contribution in [0.2, 0.25) is 0 Å². The van der Waals surface area contributed by atoms with Crippen LogP contribution >= 0.6 is 0 Å². The van der Waals surface area contributed by atoms with E-state index < -0.39 is 32.4 Å². The number of amides is 3. The summed E-state index contributed by atoms with van der Waals surface area (Å²) in [5, 5.41) is 2.51. The Morgan fingerprint density at radius 2 is 1.62 bits per heavy atom. The van der Waals surface area contributed by atoms with Gasteiger partial charge in [0.2, 0.25) is 0 Å². The normalized spacial score (nSPS) is 20.6. The minimum absolute atomic E-state index is 0.0796. The molecule has 29 heavy (non-hydrogen) atoms. The third-order valence-electron chi connectivity index (χ3n) is 4.80. The summed E-state index contributed by atoms with van der Waals surface area (Å²) in [6, 6.07) is 3.27. The molecule has 1 atom stereocenters. The summed E-state index contributed by atoms with van der Waals surface area (Å²) >= 11 is 0. The maximum Gasteiger partial charge on any atom is 0.501 e. The molecule has 3 amide bonds. The van der Waals surface area contributed by atoms with E-state index in [0.29, 0.717) is 39.2 Å². The lowest BCUT2D eigenvalue weighted by Crippen LogP contribution is -2.53. The summed E-state index contributed by atoms with van der Waals surface area (Å²) < 4.78 is 65.8. The van der Waals surface area contributed by atoms with Gasteiger partial charge in [0.15, 0.2) is 0 Å². The smallest absolute Gasteiger partial charge is 0.368 e. The van der Waals surface area contributed by atoms with Gasteiger partial charge in [-0.3, -0.25) is 4.79 Å². The van der Waals surface area contributed by atoms with Crippen LogP contribution in [-0.2, 0) is 19.4 Å². The molecular weight excluding hydrogens is 415 g/mol. The average molecular weight is 435 g/mol. The van der Waals surface area contributed by atoms with Crippen LogP contribution in [-0.4, -0.2) is 74.6 Å². The highest BCUT2D eigenvalue weighted by atomic mass is 32.2. The van der Waals surface area contributed by atoms with Crippen LogP contribution in [0.3, 0.4) is 0 Å². The molecule has 0 saturated carbocycles. The number of urea groups is 1. The van der Waals surface area contributed by atoms with Gasteiger partial charge in [-0.05, 0) is 37.1 Å². The Morgan fingerprint density at radius 1 is 1.03 bits per heavy atom. The van der Waals surface area contributed by atoms with Gasteiger partial charge in [-0.1, -0.05) is 0 Å². The molecule has 0 radical (unpaired) electrons. The summed E-state index contributed by atoms with van der Waals surface area (Å²) in [7, 11) is -5.43. The molecule has 2 heterocycles. The van der Waals surface area contributed by atoms with E-state index in [2.05, 4.69) is 5.32 Å². The second-order valence-corrected chi connectivity index (χ2v) is 8.66. The lowest BCUT2D eigenvalue weighted by atomic mass is 10.2. The molecule has 1 aromatic rings. The molecule has 0 spiro atoms.